The van der Waals surface area contributed by atoms with E-state index in [4.69, 9.17) is 4.42 Å². The molecule has 33 heavy (non-hydrogen) atoms. The van der Waals surface area contributed by atoms with Gasteiger partial charge in [0.15, 0.2) is 5.16 Å². The molecule has 0 fully saturated rings. The minimum absolute atomic E-state index is 0.104. The van der Waals surface area contributed by atoms with Crippen LogP contribution >= 0.6 is 11.8 Å². The highest BCUT2D eigenvalue weighted by molar-refractivity contribution is 7.99. The number of imidazole rings is 1. The first-order valence-corrected chi connectivity index (χ1v) is 11.4. The average molecular weight is 461 g/mol. The van der Waals surface area contributed by atoms with Gasteiger partial charge in [0.2, 0.25) is 5.91 Å². The maximum Gasteiger partial charge on any atom is 0.251 e. The van der Waals surface area contributed by atoms with Crippen LogP contribution in [-0.4, -0.2) is 27.1 Å². The number of hydrogen-bond acceptors (Lipinski definition) is 5. The van der Waals surface area contributed by atoms with E-state index in [1.807, 2.05) is 61.0 Å². The summed E-state index contributed by atoms with van der Waals surface area (Å²) in [7, 11) is 0. The van der Waals surface area contributed by atoms with Crippen LogP contribution in [0.15, 0.2) is 82.8 Å². The highest BCUT2D eigenvalue weighted by Gasteiger charge is 2.12. The van der Waals surface area contributed by atoms with Gasteiger partial charge in [-0.3, -0.25) is 14.2 Å². The summed E-state index contributed by atoms with van der Waals surface area (Å²) in [5, 5.41) is 6.46. The van der Waals surface area contributed by atoms with Gasteiger partial charge in [-0.1, -0.05) is 35.5 Å². The van der Waals surface area contributed by atoms with Crippen molar-refractivity contribution in [3.63, 3.8) is 0 Å². The van der Waals surface area contributed by atoms with E-state index in [9.17, 15) is 9.59 Å². The number of furan rings is 1. The second-order valence-corrected chi connectivity index (χ2v) is 8.49. The monoisotopic (exact) mass is 460 g/mol. The lowest BCUT2D eigenvalue weighted by molar-refractivity contribution is -0.113. The van der Waals surface area contributed by atoms with Gasteiger partial charge in [0, 0.05) is 29.3 Å². The lowest BCUT2D eigenvalue weighted by Crippen LogP contribution is -2.22. The standard InChI is InChI=1S/C25H24N4O3S/c1-17-8-9-22(18(2)13-17)28-23(30)16-33-25-26-10-11-29(25)20-6-3-5-19(14-20)24(31)27-15-21-7-4-12-32-21/h3-14H,15-16H2,1-2H3,(H,27,31)(H,28,30). The third kappa shape index (κ3) is 5.72. The normalized spacial score (nSPS) is 10.7. The third-order valence-electron chi connectivity index (χ3n) is 4.98. The number of aryl methyl sites for hydroxylation is 2. The average Bonchev–Trinajstić information content (AvgIpc) is 3.50. The Bertz CT molecular complexity index is 1260. The predicted molar refractivity (Wildman–Crippen MR) is 129 cm³/mol. The third-order valence-corrected chi connectivity index (χ3v) is 5.95. The fraction of sp³-hybridized carbons (Fsp3) is 0.160. The number of anilines is 1. The molecular weight excluding hydrogens is 436 g/mol. The molecule has 7 nitrogen and oxygen atoms in total. The van der Waals surface area contributed by atoms with Crippen molar-refractivity contribution in [3.8, 4) is 5.69 Å². The molecule has 168 valence electrons. The van der Waals surface area contributed by atoms with Crippen molar-refractivity contribution in [1.82, 2.24) is 14.9 Å². The number of nitrogens with one attached hydrogen (secondary N) is 2. The van der Waals surface area contributed by atoms with Gasteiger partial charge in [-0.15, -0.1) is 0 Å². The van der Waals surface area contributed by atoms with Crippen LogP contribution in [0.25, 0.3) is 5.69 Å². The lowest BCUT2D eigenvalue weighted by atomic mass is 10.1. The van der Waals surface area contributed by atoms with Gasteiger partial charge in [-0.2, -0.15) is 0 Å². The second-order valence-electron chi connectivity index (χ2n) is 7.55. The van der Waals surface area contributed by atoms with E-state index in [1.54, 1.807) is 30.7 Å². The van der Waals surface area contributed by atoms with E-state index >= 15 is 0 Å². The van der Waals surface area contributed by atoms with E-state index in [0.29, 0.717) is 23.0 Å². The van der Waals surface area contributed by atoms with Crippen LogP contribution in [0.5, 0.6) is 0 Å². The topological polar surface area (TPSA) is 89.2 Å². The van der Waals surface area contributed by atoms with Gasteiger partial charge >= 0.3 is 0 Å². The largest absolute Gasteiger partial charge is 0.467 e. The smallest absolute Gasteiger partial charge is 0.251 e. The van der Waals surface area contributed by atoms with Crippen molar-refractivity contribution in [2.24, 2.45) is 0 Å². The van der Waals surface area contributed by atoms with Crippen molar-refractivity contribution < 1.29 is 14.0 Å². The fourth-order valence-electron chi connectivity index (χ4n) is 3.34. The maximum absolute atomic E-state index is 12.5. The number of benzene rings is 2. The van der Waals surface area contributed by atoms with Gasteiger partial charge in [-0.05, 0) is 55.8 Å². The quantitative estimate of drug-likeness (QED) is 0.371. The van der Waals surface area contributed by atoms with Gasteiger partial charge in [-0.25, -0.2) is 4.98 Å². The van der Waals surface area contributed by atoms with Crippen molar-refractivity contribution in [2.75, 3.05) is 11.1 Å². The van der Waals surface area contributed by atoms with Crippen molar-refractivity contribution in [3.05, 3.63) is 95.7 Å². The molecule has 0 aliphatic carbocycles. The number of carbonyl (C=O) groups is 2. The number of carbonyl (C=O) groups excluding carboxylic acids is 2. The Morgan fingerprint density at radius 3 is 2.76 bits per heavy atom. The zero-order valence-electron chi connectivity index (χ0n) is 18.4. The number of amides is 2. The Kier molecular flexibility index (Phi) is 6.95. The molecule has 0 atom stereocenters. The van der Waals surface area contributed by atoms with Gasteiger partial charge in [0.05, 0.1) is 18.6 Å². The number of thioether (sulfide) groups is 1. The first-order chi connectivity index (χ1) is 16.0. The van der Waals surface area contributed by atoms with E-state index in [-0.39, 0.29) is 17.6 Å². The highest BCUT2D eigenvalue weighted by atomic mass is 32.2. The Balaban J connectivity index is 1.40. The molecule has 0 spiro atoms. The van der Waals surface area contributed by atoms with Crippen LogP contribution in [0, 0.1) is 13.8 Å². The van der Waals surface area contributed by atoms with E-state index in [0.717, 1.165) is 22.5 Å². The van der Waals surface area contributed by atoms with Crippen LogP contribution in [0.3, 0.4) is 0 Å². The van der Waals surface area contributed by atoms with Gasteiger partial charge < -0.3 is 15.1 Å². The first-order valence-electron chi connectivity index (χ1n) is 10.4. The Morgan fingerprint density at radius 1 is 1.09 bits per heavy atom. The SMILES string of the molecule is Cc1ccc(NC(=O)CSc2nccn2-c2cccc(C(=O)NCc3ccco3)c2)c(C)c1. The molecule has 2 N–H and O–H groups in total. The Hall–Kier alpha value is -3.78. The highest BCUT2D eigenvalue weighted by Crippen LogP contribution is 2.22. The Labute approximate surface area is 196 Å². The van der Waals surface area contributed by atoms with Crippen LogP contribution in [0.2, 0.25) is 0 Å². The first kappa shape index (κ1) is 22.4. The minimum Gasteiger partial charge on any atom is -0.467 e. The number of aromatic nitrogens is 2. The molecule has 4 rings (SSSR count). The summed E-state index contributed by atoms with van der Waals surface area (Å²) in [5.74, 6) is 0.600. The van der Waals surface area contributed by atoms with E-state index in [2.05, 4.69) is 15.6 Å². The molecule has 2 heterocycles. The molecular formula is C25H24N4O3S. The van der Waals surface area contributed by atoms with Gasteiger partial charge in [0.1, 0.15) is 5.76 Å². The summed E-state index contributed by atoms with van der Waals surface area (Å²) in [6.45, 7) is 4.31. The molecule has 0 saturated heterocycles. The van der Waals surface area contributed by atoms with E-state index in [1.165, 1.54) is 11.8 Å². The zero-order chi connectivity index (χ0) is 23.2. The summed E-state index contributed by atoms with van der Waals surface area (Å²) >= 11 is 1.33. The van der Waals surface area contributed by atoms with Gasteiger partial charge in [0.25, 0.3) is 5.91 Å². The van der Waals surface area contributed by atoms with E-state index < -0.39 is 0 Å². The summed E-state index contributed by atoms with van der Waals surface area (Å²) in [4.78, 5) is 29.4. The zero-order valence-corrected chi connectivity index (χ0v) is 19.2. The van der Waals surface area contributed by atoms with Crippen molar-refractivity contribution in [1.29, 1.82) is 0 Å². The molecule has 4 aromatic rings. The predicted octanol–water partition coefficient (Wildman–Crippen LogP) is 4.74. The molecule has 0 aliphatic heterocycles. The number of nitrogens with zero attached hydrogens (tertiary/aromatic N) is 2. The molecule has 0 bridgehead atoms. The van der Waals surface area contributed by atoms with Crippen molar-refractivity contribution in [2.45, 2.75) is 25.5 Å². The lowest BCUT2D eigenvalue weighted by Gasteiger charge is -2.11. The summed E-state index contributed by atoms with van der Waals surface area (Å²) < 4.78 is 7.11. The minimum atomic E-state index is -0.199. The summed E-state index contributed by atoms with van der Waals surface area (Å²) in [6, 6.07) is 16.8. The molecule has 2 aromatic carbocycles. The van der Waals surface area contributed by atoms with Crippen LogP contribution in [0.4, 0.5) is 5.69 Å². The maximum atomic E-state index is 12.5. The number of rotatable bonds is 8. The van der Waals surface area contributed by atoms with Crippen molar-refractivity contribution >= 4 is 29.3 Å². The van der Waals surface area contributed by atoms with Crippen LogP contribution < -0.4 is 10.6 Å². The van der Waals surface area contributed by atoms with Crippen LogP contribution in [-0.2, 0) is 11.3 Å². The Morgan fingerprint density at radius 2 is 1.97 bits per heavy atom. The molecule has 0 radical (unpaired) electrons. The second kappa shape index (κ2) is 10.2. The molecule has 8 heteroatoms. The molecule has 0 saturated carbocycles. The molecule has 2 amide bonds. The summed E-state index contributed by atoms with van der Waals surface area (Å²) in [6.07, 6.45) is 5.06. The molecule has 0 unspecified atom stereocenters. The molecule has 2 aromatic heterocycles. The number of hydrogen-bond donors (Lipinski definition) is 2. The van der Waals surface area contributed by atoms with Crippen LogP contribution in [0.1, 0.15) is 27.2 Å². The fourth-order valence-corrected chi connectivity index (χ4v) is 4.12. The summed E-state index contributed by atoms with van der Waals surface area (Å²) in [5.41, 5.74) is 4.30. The molecule has 0 aliphatic rings.